The summed E-state index contributed by atoms with van der Waals surface area (Å²) in [6, 6.07) is 11.4. The Morgan fingerprint density at radius 2 is 1.59 bits per heavy atom. The summed E-state index contributed by atoms with van der Waals surface area (Å²) in [7, 11) is -3.90. The normalized spacial score (nSPS) is 12.3. The zero-order valence-electron chi connectivity index (χ0n) is 14.8. The highest BCUT2D eigenvalue weighted by Crippen LogP contribution is 2.14. The molecule has 3 N–H and O–H groups in total. The van der Waals surface area contributed by atoms with E-state index in [2.05, 4.69) is 15.6 Å². The average Bonchev–Trinajstić information content (AvgIpc) is 2.65. The molecule has 9 heteroatoms. The van der Waals surface area contributed by atoms with Gasteiger partial charge >= 0.3 is 0 Å². The van der Waals surface area contributed by atoms with Crippen LogP contribution in [0.25, 0.3) is 0 Å². The van der Waals surface area contributed by atoms with Crippen LogP contribution in [0.15, 0.2) is 53.4 Å². The fraction of sp³-hybridized carbons (Fsp3) is 0.222. The van der Waals surface area contributed by atoms with Gasteiger partial charge in [0.25, 0.3) is 11.8 Å². The van der Waals surface area contributed by atoms with Crippen molar-refractivity contribution in [3.05, 3.63) is 64.7 Å². The van der Waals surface area contributed by atoms with Gasteiger partial charge in [-0.3, -0.25) is 20.4 Å². The first-order valence-corrected chi connectivity index (χ1v) is 10.1. The molecular weight excluding hydrogens is 390 g/mol. The molecule has 0 heterocycles. The number of halogens is 1. The molecule has 2 rings (SSSR count). The van der Waals surface area contributed by atoms with Crippen molar-refractivity contribution in [3.8, 4) is 0 Å². The predicted molar refractivity (Wildman–Crippen MR) is 103 cm³/mol. The van der Waals surface area contributed by atoms with Crippen LogP contribution in [-0.4, -0.2) is 26.3 Å². The number of rotatable bonds is 6. The molecule has 7 nitrogen and oxygen atoms in total. The Bertz CT molecular complexity index is 913. The van der Waals surface area contributed by atoms with Crippen LogP contribution < -0.4 is 15.6 Å². The van der Waals surface area contributed by atoms with Crippen LogP contribution in [0.3, 0.4) is 0 Å². The fourth-order valence-corrected chi connectivity index (χ4v) is 3.49. The number of carbonyl (C=O) groups is 2. The number of sulfonamides is 1. The van der Waals surface area contributed by atoms with E-state index in [0.29, 0.717) is 10.6 Å². The summed E-state index contributed by atoms with van der Waals surface area (Å²) < 4.78 is 26.7. The maximum atomic E-state index is 12.3. The van der Waals surface area contributed by atoms with Crippen molar-refractivity contribution in [2.24, 2.45) is 0 Å². The first kappa shape index (κ1) is 20.9. The molecule has 0 aliphatic rings. The highest BCUT2D eigenvalue weighted by molar-refractivity contribution is 7.89. The molecule has 0 bridgehead atoms. The molecule has 0 saturated heterocycles. The standard InChI is InChI=1S/C18H20ClN3O4S/c1-3-13-4-6-14(7-5-13)18(24)21-20-17(23)12(2)22-27(25,26)16-10-8-15(19)9-11-16/h4-12,22H,3H2,1-2H3,(H,20,23)(H,21,24). The number of nitrogens with one attached hydrogen (secondary N) is 3. The lowest BCUT2D eigenvalue weighted by atomic mass is 10.1. The maximum absolute atomic E-state index is 12.3. The van der Waals surface area contributed by atoms with E-state index in [1.807, 2.05) is 19.1 Å². The lowest BCUT2D eigenvalue weighted by Crippen LogP contribution is -2.51. The second kappa shape index (κ2) is 8.98. The molecule has 144 valence electrons. The van der Waals surface area contributed by atoms with Crippen molar-refractivity contribution >= 4 is 33.4 Å². The molecule has 0 radical (unpaired) electrons. The summed E-state index contributed by atoms with van der Waals surface area (Å²) in [6.45, 7) is 3.37. The van der Waals surface area contributed by atoms with Gasteiger partial charge in [-0.05, 0) is 55.3 Å². The van der Waals surface area contributed by atoms with Crippen molar-refractivity contribution in [2.45, 2.75) is 31.2 Å². The highest BCUT2D eigenvalue weighted by Gasteiger charge is 2.22. The minimum absolute atomic E-state index is 0.0217. The van der Waals surface area contributed by atoms with Crippen molar-refractivity contribution in [3.63, 3.8) is 0 Å². The molecule has 1 atom stereocenters. The molecule has 27 heavy (non-hydrogen) atoms. The molecule has 1 unspecified atom stereocenters. The molecule has 2 aromatic rings. The second-order valence-corrected chi connectivity index (χ2v) is 7.94. The fourth-order valence-electron chi connectivity index (χ4n) is 2.16. The number of hydrogen-bond acceptors (Lipinski definition) is 4. The van der Waals surface area contributed by atoms with Crippen molar-refractivity contribution < 1.29 is 18.0 Å². The first-order chi connectivity index (χ1) is 12.7. The van der Waals surface area contributed by atoms with Crippen molar-refractivity contribution in [1.29, 1.82) is 0 Å². The topological polar surface area (TPSA) is 104 Å². The lowest BCUT2D eigenvalue weighted by Gasteiger charge is -2.15. The maximum Gasteiger partial charge on any atom is 0.269 e. The van der Waals surface area contributed by atoms with Crippen molar-refractivity contribution in [1.82, 2.24) is 15.6 Å². The van der Waals surface area contributed by atoms with Gasteiger partial charge in [0.2, 0.25) is 10.0 Å². The molecule has 0 spiro atoms. The molecule has 0 saturated carbocycles. The van der Waals surface area contributed by atoms with Gasteiger partial charge in [-0.2, -0.15) is 4.72 Å². The quantitative estimate of drug-likeness (QED) is 0.635. The van der Waals surface area contributed by atoms with Gasteiger partial charge in [0.15, 0.2) is 0 Å². The molecule has 2 amide bonds. The smallest absolute Gasteiger partial charge is 0.269 e. The largest absolute Gasteiger partial charge is 0.271 e. The van der Waals surface area contributed by atoms with Gasteiger partial charge in [-0.25, -0.2) is 8.42 Å². The van der Waals surface area contributed by atoms with E-state index >= 15 is 0 Å². The minimum atomic E-state index is -3.90. The van der Waals surface area contributed by atoms with Crippen LogP contribution in [0.1, 0.15) is 29.8 Å². The van der Waals surface area contributed by atoms with Crippen LogP contribution >= 0.6 is 11.6 Å². The Labute approximate surface area is 163 Å². The van der Waals surface area contributed by atoms with E-state index in [1.54, 1.807) is 12.1 Å². The number of hydrazine groups is 1. The number of benzene rings is 2. The minimum Gasteiger partial charge on any atom is -0.271 e. The summed E-state index contributed by atoms with van der Waals surface area (Å²) >= 11 is 5.74. The Balaban J connectivity index is 1.92. The number of carbonyl (C=O) groups excluding carboxylic acids is 2. The first-order valence-electron chi connectivity index (χ1n) is 8.20. The summed E-state index contributed by atoms with van der Waals surface area (Å²) in [6.07, 6.45) is 0.851. The van der Waals surface area contributed by atoms with Crippen LogP contribution in [0, 0.1) is 0 Å². The monoisotopic (exact) mass is 409 g/mol. The molecule has 0 aliphatic carbocycles. The summed E-state index contributed by atoms with van der Waals surface area (Å²) in [5, 5.41) is 0.398. The number of hydrogen-bond donors (Lipinski definition) is 3. The van der Waals surface area contributed by atoms with E-state index in [9.17, 15) is 18.0 Å². The van der Waals surface area contributed by atoms with Crippen molar-refractivity contribution in [2.75, 3.05) is 0 Å². The molecule has 0 aliphatic heterocycles. The Kier molecular flexibility index (Phi) is 6.95. The van der Waals surface area contributed by atoms with E-state index in [0.717, 1.165) is 12.0 Å². The second-order valence-electron chi connectivity index (χ2n) is 5.79. The lowest BCUT2D eigenvalue weighted by molar-refractivity contribution is -0.123. The number of aryl methyl sites for hydroxylation is 1. The van der Waals surface area contributed by atoms with Crippen LogP contribution in [0.4, 0.5) is 0 Å². The molecule has 2 aromatic carbocycles. The van der Waals surface area contributed by atoms with E-state index in [1.165, 1.54) is 31.2 Å². The molecular formula is C18H20ClN3O4S. The zero-order chi connectivity index (χ0) is 20.0. The van der Waals surface area contributed by atoms with Gasteiger partial charge in [0.1, 0.15) is 0 Å². The third-order valence-electron chi connectivity index (χ3n) is 3.77. The summed E-state index contributed by atoms with van der Waals surface area (Å²) in [5.74, 6) is -1.20. The van der Waals surface area contributed by atoms with Gasteiger partial charge in [-0.1, -0.05) is 30.7 Å². The third kappa shape index (κ3) is 5.78. The Hall–Kier alpha value is -2.42. The van der Waals surface area contributed by atoms with Gasteiger partial charge in [0, 0.05) is 10.6 Å². The Morgan fingerprint density at radius 1 is 1.00 bits per heavy atom. The van der Waals surface area contributed by atoms with E-state index < -0.39 is 27.9 Å². The number of amides is 2. The zero-order valence-corrected chi connectivity index (χ0v) is 16.4. The third-order valence-corrected chi connectivity index (χ3v) is 5.58. The van der Waals surface area contributed by atoms with Gasteiger partial charge in [0.05, 0.1) is 10.9 Å². The van der Waals surface area contributed by atoms with Gasteiger partial charge < -0.3 is 0 Å². The van der Waals surface area contributed by atoms with Crippen LogP contribution in [0.5, 0.6) is 0 Å². The Morgan fingerprint density at radius 3 is 2.15 bits per heavy atom. The average molecular weight is 410 g/mol. The van der Waals surface area contributed by atoms with E-state index in [4.69, 9.17) is 11.6 Å². The van der Waals surface area contributed by atoms with Crippen LogP contribution in [-0.2, 0) is 21.2 Å². The van der Waals surface area contributed by atoms with E-state index in [-0.39, 0.29) is 4.90 Å². The SMILES string of the molecule is CCc1ccc(C(=O)NNC(=O)C(C)NS(=O)(=O)c2ccc(Cl)cc2)cc1. The summed E-state index contributed by atoms with van der Waals surface area (Å²) in [5.41, 5.74) is 5.93. The summed E-state index contributed by atoms with van der Waals surface area (Å²) in [4.78, 5) is 24.1. The molecule has 0 aromatic heterocycles. The molecule has 0 fully saturated rings. The van der Waals surface area contributed by atoms with Gasteiger partial charge in [-0.15, -0.1) is 0 Å². The predicted octanol–water partition coefficient (Wildman–Crippen LogP) is 2.03. The van der Waals surface area contributed by atoms with Crippen LogP contribution in [0.2, 0.25) is 5.02 Å². The highest BCUT2D eigenvalue weighted by atomic mass is 35.5.